The number of nitrogens with zero attached hydrogens (tertiary/aromatic N) is 2. The van der Waals surface area contributed by atoms with E-state index < -0.39 is 6.10 Å². The molecule has 1 saturated heterocycles. The monoisotopic (exact) mass is 343 g/mol. The lowest BCUT2D eigenvalue weighted by atomic mass is 10.2. The van der Waals surface area contributed by atoms with Gasteiger partial charge in [-0.05, 0) is 30.8 Å². The highest BCUT2D eigenvalue weighted by molar-refractivity contribution is 5.94. The minimum atomic E-state index is -0.422. The second kappa shape index (κ2) is 7.80. The van der Waals surface area contributed by atoms with Gasteiger partial charge in [0.1, 0.15) is 11.9 Å². The molecule has 0 aliphatic carbocycles. The molecule has 1 fully saturated rings. The van der Waals surface area contributed by atoms with Crippen molar-refractivity contribution in [2.24, 2.45) is 0 Å². The zero-order valence-corrected chi connectivity index (χ0v) is 15.0. The highest BCUT2D eigenvalue weighted by atomic mass is 16.5. The molecule has 1 aromatic carbocycles. The second-order valence-electron chi connectivity index (χ2n) is 6.54. The Morgan fingerprint density at radius 3 is 2.76 bits per heavy atom. The van der Waals surface area contributed by atoms with E-state index in [1.54, 1.807) is 6.20 Å². The molecule has 0 unspecified atom stereocenters. The van der Waals surface area contributed by atoms with Crippen molar-refractivity contribution in [3.8, 4) is 11.5 Å². The van der Waals surface area contributed by atoms with Gasteiger partial charge in [0.15, 0.2) is 0 Å². The molecule has 1 amide bonds. The topological polar surface area (TPSA) is 67.6 Å². The summed E-state index contributed by atoms with van der Waals surface area (Å²) in [5.41, 5.74) is 1.62. The lowest BCUT2D eigenvalue weighted by Gasteiger charge is -2.31. The first-order valence-electron chi connectivity index (χ1n) is 8.77. The third-order valence-corrected chi connectivity index (χ3v) is 4.38. The summed E-state index contributed by atoms with van der Waals surface area (Å²) in [6, 6.07) is 7.50. The highest BCUT2D eigenvalue weighted by Gasteiger charge is 2.25. The van der Waals surface area contributed by atoms with Crippen molar-refractivity contribution in [3.05, 3.63) is 36.2 Å². The van der Waals surface area contributed by atoms with E-state index in [0.717, 1.165) is 30.1 Å². The summed E-state index contributed by atoms with van der Waals surface area (Å²) >= 11 is 0. The van der Waals surface area contributed by atoms with Crippen molar-refractivity contribution in [1.82, 2.24) is 9.88 Å². The largest absolute Gasteiger partial charge is 0.441 e. The van der Waals surface area contributed by atoms with Crippen LogP contribution in [0.1, 0.15) is 32.4 Å². The fourth-order valence-electron chi connectivity index (χ4n) is 2.75. The molecule has 1 atom stereocenters. The first-order chi connectivity index (χ1) is 12.1. The lowest BCUT2D eigenvalue weighted by Crippen LogP contribution is -2.47. The average Bonchev–Trinajstić information content (AvgIpc) is 3.13. The van der Waals surface area contributed by atoms with Crippen LogP contribution in [0.3, 0.4) is 0 Å². The van der Waals surface area contributed by atoms with Gasteiger partial charge < -0.3 is 14.5 Å². The Bertz CT molecular complexity index is 709. The van der Waals surface area contributed by atoms with Crippen LogP contribution in [0, 0.1) is 0 Å². The van der Waals surface area contributed by atoms with Crippen LogP contribution in [0.5, 0.6) is 0 Å². The van der Waals surface area contributed by atoms with Gasteiger partial charge in [0.25, 0.3) is 5.91 Å². The van der Waals surface area contributed by atoms with Crippen LogP contribution in [-0.2, 0) is 9.53 Å². The predicted molar refractivity (Wildman–Crippen MR) is 96.5 cm³/mol. The summed E-state index contributed by atoms with van der Waals surface area (Å²) in [5, 5.41) is 2.92. The van der Waals surface area contributed by atoms with E-state index in [1.807, 2.05) is 24.3 Å². The van der Waals surface area contributed by atoms with Gasteiger partial charge in [-0.15, -0.1) is 0 Å². The third-order valence-electron chi connectivity index (χ3n) is 4.38. The molecule has 0 bridgehead atoms. The van der Waals surface area contributed by atoms with Crippen molar-refractivity contribution in [3.63, 3.8) is 0 Å². The molecule has 25 heavy (non-hydrogen) atoms. The molecular weight excluding hydrogens is 318 g/mol. The van der Waals surface area contributed by atoms with E-state index >= 15 is 0 Å². The van der Waals surface area contributed by atoms with Crippen LogP contribution in [0.15, 0.2) is 34.9 Å². The van der Waals surface area contributed by atoms with Gasteiger partial charge in [0.2, 0.25) is 5.89 Å². The van der Waals surface area contributed by atoms with Crippen molar-refractivity contribution in [1.29, 1.82) is 0 Å². The number of hydrogen-bond donors (Lipinski definition) is 1. The number of oxazole rings is 1. The Balaban J connectivity index is 1.63. The number of aromatic nitrogens is 1. The number of ether oxygens (including phenoxy) is 1. The van der Waals surface area contributed by atoms with Gasteiger partial charge in [-0.25, -0.2) is 4.98 Å². The van der Waals surface area contributed by atoms with Crippen molar-refractivity contribution >= 4 is 11.6 Å². The molecule has 2 heterocycles. The van der Waals surface area contributed by atoms with E-state index in [-0.39, 0.29) is 5.91 Å². The fourth-order valence-corrected chi connectivity index (χ4v) is 2.75. The van der Waals surface area contributed by atoms with Crippen LogP contribution in [0.25, 0.3) is 11.5 Å². The van der Waals surface area contributed by atoms with Crippen LogP contribution < -0.4 is 5.32 Å². The number of morpholine rings is 1. The predicted octanol–water partition coefficient (Wildman–Crippen LogP) is 3.12. The third kappa shape index (κ3) is 4.27. The van der Waals surface area contributed by atoms with Crippen LogP contribution in [0.4, 0.5) is 5.69 Å². The molecule has 134 valence electrons. The number of hydrogen-bond acceptors (Lipinski definition) is 5. The summed E-state index contributed by atoms with van der Waals surface area (Å²) in [7, 11) is 0. The van der Waals surface area contributed by atoms with E-state index in [2.05, 4.69) is 36.0 Å². The minimum Gasteiger partial charge on any atom is -0.441 e. The molecule has 0 spiro atoms. The molecule has 1 aromatic heterocycles. The molecule has 0 saturated carbocycles. The SMILES string of the molecule is CCN1CCO[C@H](C(=O)Nc2ccc(-c3ncc(C(C)C)o3)cc2)C1. The van der Waals surface area contributed by atoms with Crippen LogP contribution in [-0.4, -0.2) is 48.1 Å². The molecule has 6 heteroatoms. The summed E-state index contributed by atoms with van der Waals surface area (Å²) in [6.45, 7) is 9.25. The number of amides is 1. The van der Waals surface area contributed by atoms with Gasteiger partial charge in [0, 0.05) is 30.3 Å². The molecule has 6 nitrogen and oxygen atoms in total. The number of nitrogens with one attached hydrogen (secondary N) is 1. The lowest BCUT2D eigenvalue weighted by molar-refractivity contribution is -0.132. The Labute approximate surface area is 148 Å². The number of carbonyl (C=O) groups excluding carboxylic acids is 1. The number of likely N-dealkylation sites (N-methyl/N-ethyl adjacent to an activating group) is 1. The second-order valence-corrected chi connectivity index (χ2v) is 6.54. The number of carbonyl (C=O) groups is 1. The van der Waals surface area contributed by atoms with Gasteiger partial charge in [0.05, 0.1) is 12.8 Å². The minimum absolute atomic E-state index is 0.107. The van der Waals surface area contributed by atoms with E-state index in [0.29, 0.717) is 25.0 Å². The van der Waals surface area contributed by atoms with Crippen molar-refractivity contribution in [2.45, 2.75) is 32.8 Å². The molecule has 0 radical (unpaired) electrons. The maximum atomic E-state index is 12.4. The number of rotatable bonds is 5. The standard InChI is InChI=1S/C19H25N3O3/c1-4-22-9-10-24-17(12-22)18(23)21-15-7-5-14(6-8-15)19-20-11-16(25-19)13(2)3/h5-8,11,13,17H,4,9-10,12H2,1-3H3,(H,21,23)/t17-/m0/s1. The Kier molecular flexibility index (Phi) is 5.50. The summed E-state index contributed by atoms with van der Waals surface area (Å²) in [6.07, 6.45) is 1.34. The Morgan fingerprint density at radius 2 is 2.12 bits per heavy atom. The summed E-state index contributed by atoms with van der Waals surface area (Å²) in [4.78, 5) is 18.9. The summed E-state index contributed by atoms with van der Waals surface area (Å²) in [5.74, 6) is 1.65. The van der Waals surface area contributed by atoms with Crippen molar-refractivity contribution < 1.29 is 13.9 Å². The van der Waals surface area contributed by atoms with E-state index in [4.69, 9.17) is 9.15 Å². The molecule has 3 rings (SSSR count). The first-order valence-corrected chi connectivity index (χ1v) is 8.77. The molecule has 2 aromatic rings. The van der Waals surface area contributed by atoms with Crippen LogP contribution >= 0.6 is 0 Å². The maximum Gasteiger partial charge on any atom is 0.254 e. The van der Waals surface area contributed by atoms with Gasteiger partial charge in [-0.3, -0.25) is 9.69 Å². The summed E-state index contributed by atoms with van der Waals surface area (Å²) < 4.78 is 11.3. The van der Waals surface area contributed by atoms with E-state index in [1.165, 1.54) is 0 Å². The molecule has 1 N–H and O–H groups in total. The molecular formula is C19H25N3O3. The maximum absolute atomic E-state index is 12.4. The van der Waals surface area contributed by atoms with E-state index in [9.17, 15) is 4.79 Å². The Morgan fingerprint density at radius 1 is 1.36 bits per heavy atom. The van der Waals surface area contributed by atoms with Gasteiger partial charge in [-0.1, -0.05) is 20.8 Å². The Hall–Kier alpha value is -2.18. The van der Waals surface area contributed by atoms with Gasteiger partial charge >= 0.3 is 0 Å². The smallest absolute Gasteiger partial charge is 0.254 e. The van der Waals surface area contributed by atoms with Crippen LogP contribution in [0.2, 0.25) is 0 Å². The highest BCUT2D eigenvalue weighted by Crippen LogP contribution is 2.24. The first kappa shape index (κ1) is 17.6. The van der Waals surface area contributed by atoms with Crippen molar-refractivity contribution in [2.75, 3.05) is 31.6 Å². The number of anilines is 1. The van der Waals surface area contributed by atoms with Gasteiger partial charge in [-0.2, -0.15) is 0 Å². The fraction of sp³-hybridized carbons (Fsp3) is 0.474. The number of benzene rings is 1. The zero-order chi connectivity index (χ0) is 17.8. The molecule has 1 aliphatic rings. The quantitative estimate of drug-likeness (QED) is 0.903. The average molecular weight is 343 g/mol. The normalized spacial score (nSPS) is 18.5. The zero-order valence-electron chi connectivity index (χ0n) is 15.0. The molecule has 1 aliphatic heterocycles.